The van der Waals surface area contributed by atoms with E-state index >= 15 is 0 Å². The third-order valence-corrected chi connectivity index (χ3v) is 4.67. The van der Waals surface area contributed by atoms with Crippen molar-refractivity contribution in [2.75, 3.05) is 20.3 Å². The first-order chi connectivity index (χ1) is 8.65. The van der Waals surface area contributed by atoms with Crippen molar-refractivity contribution in [3.8, 4) is 0 Å². The lowest BCUT2D eigenvalue weighted by Crippen LogP contribution is -2.27. The van der Waals surface area contributed by atoms with Crippen molar-refractivity contribution in [3.05, 3.63) is 33.4 Å². The molecule has 3 heteroatoms. The van der Waals surface area contributed by atoms with Crippen molar-refractivity contribution in [3.63, 3.8) is 0 Å². The predicted molar refractivity (Wildman–Crippen MR) is 83.7 cm³/mol. The van der Waals surface area contributed by atoms with E-state index in [4.69, 9.17) is 4.74 Å². The SMILES string of the molecule is COCCC1(CNC(C)c2ccc(I)cc2)CC1. The van der Waals surface area contributed by atoms with Crippen molar-refractivity contribution in [1.82, 2.24) is 5.32 Å². The molecule has 0 amide bonds. The first-order valence-corrected chi connectivity index (χ1v) is 7.71. The minimum atomic E-state index is 0.432. The van der Waals surface area contributed by atoms with E-state index in [1.165, 1.54) is 28.4 Å². The molecule has 18 heavy (non-hydrogen) atoms. The summed E-state index contributed by atoms with van der Waals surface area (Å²) >= 11 is 2.34. The van der Waals surface area contributed by atoms with Gasteiger partial charge in [-0.2, -0.15) is 0 Å². The van der Waals surface area contributed by atoms with Crippen LogP contribution in [0, 0.1) is 8.99 Å². The zero-order chi connectivity index (χ0) is 13.0. The van der Waals surface area contributed by atoms with Crippen LogP contribution >= 0.6 is 22.6 Å². The van der Waals surface area contributed by atoms with Crippen LogP contribution < -0.4 is 5.32 Å². The van der Waals surface area contributed by atoms with E-state index in [9.17, 15) is 0 Å². The molecule has 1 unspecified atom stereocenters. The van der Waals surface area contributed by atoms with Gasteiger partial charge in [-0.3, -0.25) is 0 Å². The molecule has 0 heterocycles. The minimum absolute atomic E-state index is 0.432. The topological polar surface area (TPSA) is 21.3 Å². The lowest BCUT2D eigenvalue weighted by atomic mass is 10.0. The number of hydrogen-bond acceptors (Lipinski definition) is 2. The molecule has 0 bridgehead atoms. The van der Waals surface area contributed by atoms with E-state index in [0.29, 0.717) is 11.5 Å². The maximum Gasteiger partial charge on any atom is 0.0468 e. The highest BCUT2D eigenvalue weighted by Crippen LogP contribution is 2.48. The summed E-state index contributed by atoms with van der Waals surface area (Å²) in [5.41, 5.74) is 1.89. The lowest BCUT2D eigenvalue weighted by molar-refractivity contribution is 0.170. The highest BCUT2D eigenvalue weighted by Gasteiger charge is 2.41. The van der Waals surface area contributed by atoms with Crippen LogP contribution in [0.15, 0.2) is 24.3 Å². The van der Waals surface area contributed by atoms with Gasteiger partial charge in [0.05, 0.1) is 0 Å². The second kappa shape index (κ2) is 6.35. The molecule has 1 aliphatic carbocycles. The third kappa shape index (κ3) is 3.93. The minimum Gasteiger partial charge on any atom is -0.385 e. The molecule has 2 nitrogen and oxygen atoms in total. The molecule has 0 saturated heterocycles. The summed E-state index contributed by atoms with van der Waals surface area (Å²) in [6.45, 7) is 4.25. The summed E-state index contributed by atoms with van der Waals surface area (Å²) in [6, 6.07) is 9.21. The maximum absolute atomic E-state index is 5.19. The fourth-order valence-corrected chi connectivity index (χ4v) is 2.61. The Balaban J connectivity index is 1.81. The van der Waals surface area contributed by atoms with Crippen molar-refractivity contribution < 1.29 is 4.74 Å². The standard InChI is InChI=1S/C15H22INO/c1-12(13-3-5-14(16)6-4-13)17-11-15(7-8-15)9-10-18-2/h3-6,12,17H,7-11H2,1-2H3. The molecule has 1 aromatic carbocycles. The normalized spacial score (nSPS) is 18.6. The largest absolute Gasteiger partial charge is 0.385 e. The second-order valence-electron chi connectivity index (χ2n) is 5.40. The molecule has 1 saturated carbocycles. The van der Waals surface area contributed by atoms with Gasteiger partial charge in [0, 0.05) is 29.9 Å². The van der Waals surface area contributed by atoms with Gasteiger partial charge < -0.3 is 10.1 Å². The zero-order valence-corrected chi connectivity index (χ0v) is 13.4. The Labute approximate surface area is 124 Å². The van der Waals surface area contributed by atoms with Gasteiger partial charge in [-0.25, -0.2) is 0 Å². The molecule has 2 rings (SSSR count). The van der Waals surface area contributed by atoms with Crippen LogP contribution in [0.4, 0.5) is 0 Å². The number of nitrogens with one attached hydrogen (secondary N) is 1. The first kappa shape index (κ1) is 14.3. The predicted octanol–water partition coefficient (Wildman–Crippen LogP) is 3.76. The molecule has 0 aliphatic heterocycles. The molecule has 1 aromatic rings. The molecule has 100 valence electrons. The van der Waals surface area contributed by atoms with Crippen molar-refractivity contribution in [2.45, 2.75) is 32.2 Å². The average Bonchev–Trinajstić information content (AvgIpc) is 3.15. The molecule has 1 N–H and O–H groups in total. The Morgan fingerprint density at radius 3 is 2.56 bits per heavy atom. The average molecular weight is 359 g/mol. The van der Waals surface area contributed by atoms with E-state index in [0.717, 1.165) is 13.2 Å². The van der Waals surface area contributed by atoms with E-state index in [1.54, 1.807) is 7.11 Å². The fourth-order valence-electron chi connectivity index (χ4n) is 2.25. The van der Waals surface area contributed by atoms with E-state index in [-0.39, 0.29) is 0 Å². The van der Waals surface area contributed by atoms with Gasteiger partial charge in [-0.15, -0.1) is 0 Å². The summed E-state index contributed by atoms with van der Waals surface area (Å²) < 4.78 is 6.49. The van der Waals surface area contributed by atoms with Crippen molar-refractivity contribution in [2.24, 2.45) is 5.41 Å². The summed E-state index contributed by atoms with van der Waals surface area (Å²) in [6.07, 6.45) is 3.89. The molecular formula is C15H22INO. The summed E-state index contributed by atoms with van der Waals surface area (Å²) in [5, 5.41) is 3.67. The van der Waals surface area contributed by atoms with Crippen LogP contribution in [0.3, 0.4) is 0 Å². The molecular weight excluding hydrogens is 337 g/mol. The smallest absolute Gasteiger partial charge is 0.0468 e. The number of rotatable bonds is 7. The highest BCUT2D eigenvalue weighted by molar-refractivity contribution is 14.1. The Kier molecular flexibility index (Phi) is 5.04. The number of benzene rings is 1. The summed E-state index contributed by atoms with van der Waals surface area (Å²) in [4.78, 5) is 0. The van der Waals surface area contributed by atoms with Gasteiger partial charge in [-0.05, 0) is 71.9 Å². The van der Waals surface area contributed by atoms with Crippen LogP contribution in [0.25, 0.3) is 0 Å². The van der Waals surface area contributed by atoms with Crippen molar-refractivity contribution in [1.29, 1.82) is 0 Å². The van der Waals surface area contributed by atoms with Gasteiger partial charge in [0.2, 0.25) is 0 Å². The highest BCUT2D eigenvalue weighted by atomic mass is 127. The number of ether oxygens (including phenoxy) is 1. The third-order valence-electron chi connectivity index (χ3n) is 3.95. The number of hydrogen-bond donors (Lipinski definition) is 1. The summed E-state index contributed by atoms with van der Waals surface area (Å²) in [5.74, 6) is 0. The van der Waals surface area contributed by atoms with Crippen LogP contribution in [0.5, 0.6) is 0 Å². The molecule has 0 aromatic heterocycles. The van der Waals surface area contributed by atoms with Crippen LogP contribution in [-0.2, 0) is 4.74 Å². The van der Waals surface area contributed by atoms with Crippen LogP contribution in [0.2, 0.25) is 0 Å². The van der Waals surface area contributed by atoms with Gasteiger partial charge in [0.15, 0.2) is 0 Å². The second-order valence-corrected chi connectivity index (χ2v) is 6.64. The van der Waals surface area contributed by atoms with Crippen LogP contribution in [0.1, 0.15) is 37.8 Å². The molecule has 1 fully saturated rings. The Morgan fingerprint density at radius 2 is 2.00 bits per heavy atom. The molecule has 1 aliphatic rings. The van der Waals surface area contributed by atoms with Crippen molar-refractivity contribution >= 4 is 22.6 Å². The lowest BCUT2D eigenvalue weighted by Gasteiger charge is -2.20. The van der Waals surface area contributed by atoms with Crippen LogP contribution in [-0.4, -0.2) is 20.3 Å². The van der Waals surface area contributed by atoms with Gasteiger partial charge in [0.25, 0.3) is 0 Å². The monoisotopic (exact) mass is 359 g/mol. The fraction of sp³-hybridized carbons (Fsp3) is 0.600. The quantitative estimate of drug-likeness (QED) is 0.749. The summed E-state index contributed by atoms with van der Waals surface area (Å²) in [7, 11) is 1.79. The Hall–Kier alpha value is -0.130. The number of halogens is 1. The van der Waals surface area contributed by atoms with E-state index < -0.39 is 0 Å². The Bertz CT molecular complexity index is 373. The molecule has 1 atom stereocenters. The van der Waals surface area contributed by atoms with Gasteiger partial charge in [0.1, 0.15) is 0 Å². The molecule has 0 radical (unpaired) electrons. The first-order valence-electron chi connectivity index (χ1n) is 6.63. The molecule has 0 spiro atoms. The van der Waals surface area contributed by atoms with E-state index in [1.807, 2.05) is 0 Å². The van der Waals surface area contributed by atoms with Gasteiger partial charge in [-0.1, -0.05) is 12.1 Å². The zero-order valence-electron chi connectivity index (χ0n) is 11.2. The Morgan fingerprint density at radius 1 is 1.33 bits per heavy atom. The number of methoxy groups -OCH3 is 1. The van der Waals surface area contributed by atoms with Gasteiger partial charge >= 0.3 is 0 Å². The maximum atomic E-state index is 5.19. The van der Waals surface area contributed by atoms with E-state index in [2.05, 4.69) is 59.1 Å².